The zero-order chi connectivity index (χ0) is 13.0. The van der Waals surface area contributed by atoms with Crippen LogP contribution in [0.15, 0.2) is 42.5 Å². The summed E-state index contributed by atoms with van der Waals surface area (Å²) in [7, 11) is 0. The van der Waals surface area contributed by atoms with Crippen molar-refractivity contribution in [2.75, 3.05) is 5.32 Å². The molecule has 4 nitrogen and oxygen atoms in total. The van der Waals surface area contributed by atoms with E-state index in [1.54, 1.807) is 13.8 Å². The van der Waals surface area contributed by atoms with Crippen molar-refractivity contribution in [2.24, 2.45) is 0 Å². The molecule has 0 aliphatic heterocycles. The van der Waals surface area contributed by atoms with Gasteiger partial charge in [-0.2, -0.15) is 5.26 Å². The summed E-state index contributed by atoms with van der Waals surface area (Å²) in [5.41, 5.74) is 1.19. The molecule has 0 amide bonds. The van der Waals surface area contributed by atoms with E-state index in [1.807, 2.05) is 42.5 Å². The van der Waals surface area contributed by atoms with E-state index in [0.29, 0.717) is 5.82 Å². The van der Waals surface area contributed by atoms with Gasteiger partial charge in [0.25, 0.3) is 0 Å². The highest BCUT2D eigenvalue weighted by atomic mass is 15.2. The molecule has 18 heavy (non-hydrogen) atoms. The normalized spacial score (nSPS) is 10.7. The van der Waals surface area contributed by atoms with Crippen LogP contribution in [0.1, 0.15) is 13.8 Å². The van der Waals surface area contributed by atoms with Gasteiger partial charge in [0, 0.05) is 5.56 Å². The lowest BCUT2D eigenvalue weighted by molar-refractivity contribution is 0.719. The summed E-state index contributed by atoms with van der Waals surface area (Å²) in [6.45, 7) is 3.58. The van der Waals surface area contributed by atoms with Gasteiger partial charge in [-0.3, -0.25) is 0 Å². The lowest BCUT2D eigenvalue weighted by atomic mass is 10.1. The Kier molecular flexibility index (Phi) is 3.24. The predicted octanol–water partition coefficient (Wildman–Crippen LogP) is 2.86. The van der Waals surface area contributed by atoms with Gasteiger partial charge < -0.3 is 5.32 Å². The van der Waals surface area contributed by atoms with E-state index in [0.717, 1.165) is 11.3 Å². The first kappa shape index (κ1) is 12.1. The number of hydrogen-bond acceptors (Lipinski definition) is 4. The summed E-state index contributed by atoms with van der Waals surface area (Å²) in [5, 5.41) is 20.2. The lowest BCUT2D eigenvalue weighted by Gasteiger charge is -2.17. The molecule has 1 aromatic carbocycles. The molecule has 2 aromatic rings. The van der Waals surface area contributed by atoms with Gasteiger partial charge in [0.05, 0.1) is 11.8 Å². The Hall–Kier alpha value is -2.41. The summed E-state index contributed by atoms with van der Waals surface area (Å²) in [4.78, 5) is 0. The SMILES string of the molecule is CC(C)(C#N)Nc1ccc(-c2ccccc2)nn1. The summed E-state index contributed by atoms with van der Waals surface area (Å²) >= 11 is 0. The summed E-state index contributed by atoms with van der Waals surface area (Å²) in [6.07, 6.45) is 0. The molecule has 0 aliphatic carbocycles. The second-order valence-corrected chi connectivity index (χ2v) is 4.53. The van der Waals surface area contributed by atoms with Gasteiger partial charge in [-0.1, -0.05) is 30.3 Å². The van der Waals surface area contributed by atoms with Crippen molar-refractivity contribution in [2.45, 2.75) is 19.4 Å². The molecule has 1 N–H and O–H groups in total. The van der Waals surface area contributed by atoms with Crippen LogP contribution in [0.5, 0.6) is 0 Å². The average Bonchev–Trinajstić information content (AvgIpc) is 2.40. The molecular formula is C14H14N4. The van der Waals surface area contributed by atoms with Crippen LogP contribution in [-0.2, 0) is 0 Å². The van der Waals surface area contributed by atoms with Crippen molar-refractivity contribution in [3.63, 3.8) is 0 Å². The maximum Gasteiger partial charge on any atom is 0.149 e. The van der Waals surface area contributed by atoms with Crippen LogP contribution < -0.4 is 5.32 Å². The number of rotatable bonds is 3. The van der Waals surface area contributed by atoms with Crippen LogP contribution in [-0.4, -0.2) is 15.7 Å². The largest absolute Gasteiger partial charge is 0.351 e. The third-order valence-corrected chi connectivity index (χ3v) is 2.45. The van der Waals surface area contributed by atoms with Crippen LogP contribution in [0.2, 0.25) is 0 Å². The van der Waals surface area contributed by atoms with Gasteiger partial charge >= 0.3 is 0 Å². The predicted molar refractivity (Wildman–Crippen MR) is 70.8 cm³/mol. The minimum Gasteiger partial charge on any atom is -0.351 e. The average molecular weight is 238 g/mol. The van der Waals surface area contributed by atoms with Gasteiger partial charge in [0.2, 0.25) is 0 Å². The molecule has 90 valence electrons. The quantitative estimate of drug-likeness (QED) is 0.893. The molecule has 0 fully saturated rings. The van der Waals surface area contributed by atoms with Gasteiger partial charge in [-0.15, -0.1) is 10.2 Å². The molecule has 1 aromatic heterocycles. The van der Waals surface area contributed by atoms with Gasteiger partial charge in [0.15, 0.2) is 0 Å². The highest BCUT2D eigenvalue weighted by Gasteiger charge is 2.16. The molecule has 0 bridgehead atoms. The van der Waals surface area contributed by atoms with Crippen molar-refractivity contribution in [3.8, 4) is 17.3 Å². The molecule has 1 heterocycles. The molecule has 0 saturated heterocycles. The highest BCUT2D eigenvalue weighted by Crippen LogP contribution is 2.17. The third kappa shape index (κ3) is 2.83. The fourth-order valence-electron chi connectivity index (χ4n) is 1.51. The van der Waals surface area contributed by atoms with E-state index >= 15 is 0 Å². The van der Waals surface area contributed by atoms with Crippen LogP contribution in [0.3, 0.4) is 0 Å². The second-order valence-electron chi connectivity index (χ2n) is 4.53. The minimum atomic E-state index is -0.650. The van der Waals surface area contributed by atoms with E-state index in [4.69, 9.17) is 5.26 Å². The maximum atomic E-state index is 8.93. The first-order valence-corrected chi connectivity index (χ1v) is 5.69. The Balaban J connectivity index is 2.19. The fourth-order valence-corrected chi connectivity index (χ4v) is 1.51. The topological polar surface area (TPSA) is 61.6 Å². The first-order valence-electron chi connectivity index (χ1n) is 5.69. The summed E-state index contributed by atoms with van der Waals surface area (Å²) in [5.74, 6) is 0.598. The van der Waals surface area contributed by atoms with E-state index in [2.05, 4.69) is 21.6 Å². The number of nitrogens with one attached hydrogen (secondary N) is 1. The zero-order valence-corrected chi connectivity index (χ0v) is 10.4. The molecule has 0 radical (unpaired) electrons. The number of nitriles is 1. The number of nitrogens with zero attached hydrogens (tertiary/aromatic N) is 3. The molecule has 0 atom stereocenters. The Morgan fingerprint density at radius 2 is 1.78 bits per heavy atom. The second kappa shape index (κ2) is 4.84. The molecule has 4 heteroatoms. The third-order valence-electron chi connectivity index (χ3n) is 2.45. The van der Waals surface area contributed by atoms with Crippen LogP contribution >= 0.6 is 0 Å². The number of anilines is 1. The molecule has 0 unspecified atom stereocenters. The maximum absolute atomic E-state index is 8.93. The smallest absolute Gasteiger partial charge is 0.149 e. The van der Waals surface area contributed by atoms with Crippen LogP contribution in [0.4, 0.5) is 5.82 Å². The molecule has 0 saturated carbocycles. The monoisotopic (exact) mass is 238 g/mol. The number of hydrogen-bond donors (Lipinski definition) is 1. The van der Waals surface area contributed by atoms with Crippen molar-refractivity contribution in [1.29, 1.82) is 5.26 Å². The van der Waals surface area contributed by atoms with Gasteiger partial charge in [-0.25, -0.2) is 0 Å². The Morgan fingerprint density at radius 1 is 1.06 bits per heavy atom. The van der Waals surface area contributed by atoms with Crippen molar-refractivity contribution in [3.05, 3.63) is 42.5 Å². The highest BCUT2D eigenvalue weighted by molar-refractivity contribution is 5.59. The standard InChI is InChI=1S/C14H14N4/c1-14(2,10-15)16-13-9-8-12(17-18-13)11-6-4-3-5-7-11/h3-9H,1-2H3,(H,16,18). The number of benzene rings is 1. The molecule has 2 rings (SSSR count). The fraction of sp³-hybridized carbons (Fsp3) is 0.214. The van der Waals surface area contributed by atoms with E-state index in [9.17, 15) is 0 Å². The zero-order valence-electron chi connectivity index (χ0n) is 10.4. The Labute approximate surface area is 106 Å². The molecule has 0 spiro atoms. The van der Waals surface area contributed by atoms with Crippen molar-refractivity contribution in [1.82, 2.24) is 10.2 Å². The van der Waals surface area contributed by atoms with E-state index < -0.39 is 5.54 Å². The number of aromatic nitrogens is 2. The van der Waals surface area contributed by atoms with Gasteiger partial charge in [-0.05, 0) is 26.0 Å². The van der Waals surface area contributed by atoms with Crippen LogP contribution in [0, 0.1) is 11.3 Å². The first-order chi connectivity index (χ1) is 8.61. The minimum absolute atomic E-state index is 0.598. The summed E-state index contributed by atoms with van der Waals surface area (Å²) in [6, 6.07) is 15.7. The van der Waals surface area contributed by atoms with Crippen molar-refractivity contribution >= 4 is 5.82 Å². The van der Waals surface area contributed by atoms with Crippen LogP contribution in [0.25, 0.3) is 11.3 Å². The summed E-state index contributed by atoms with van der Waals surface area (Å²) < 4.78 is 0. The molecular weight excluding hydrogens is 224 g/mol. The van der Waals surface area contributed by atoms with E-state index in [1.165, 1.54) is 0 Å². The Bertz CT molecular complexity index is 553. The van der Waals surface area contributed by atoms with Gasteiger partial charge in [0.1, 0.15) is 11.4 Å². The van der Waals surface area contributed by atoms with Crippen molar-refractivity contribution < 1.29 is 0 Å². The lowest BCUT2D eigenvalue weighted by Crippen LogP contribution is -2.29. The Morgan fingerprint density at radius 3 is 2.33 bits per heavy atom. The molecule has 0 aliphatic rings. The van der Waals surface area contributed by atoms with E-state index in [-0.39, 0.29) is 0 Å².